The lowest BCUT2D eigenvalue weighted by molar-refractivity contribution is 0.0606. The summed E-state index contributed by atoms with van der Waals surface area (Å²) in [5.74, 6) is 0.483. The second-order valence-electron chi connectivity index (χ2n) is 9.22. The van der Waals surface area contributed by atoms with Crippen LogP contribution in [0, 0.1) is 6.92 Å². The number of pyridine rings is 1. The molecule has 2 aromatic heterocycles. The third kappa shape index (κ3) is 4.63. The minimum absolute atomic E-state index is 0.00177. The van der Waals surface area contributed by atoms with E-state index in [2.05, 4.69) is 28.1 Å². The van der Waals surface area contributed by atoms with Crippen LogP contribution in [-0.4, -0.2) is 82.4 Å². The van der Waals surface area contributed by atoms with E-state index < -0.39 is 0 Å². The second kappa shape index (κ2) is 9.85. The number of amides is 1. The first-order valence-corrected chi connectivity index (χ1v) is 11.8. The summed E-state index contributed by atoms with van der Waals surface area (Å²) in [7, 11) is 6.11. The van der Waals surface area contributed by atoms with Crippen molar-refractivity contribution in [3.8, 4) is 22.8 Å². The number of hydrogen-bond donors (Lipinski definition) is 1. The Morgan fingerprint density at radius 2 is 1.85 bits per heavy atom. The first-order valence-electron chi connectivity index (χ1n) is 11.8. The van der Waals surface area contributed by atoms with E-state index >= 15 is 0 Å². The molecule has 34 heavy (non-hydrogen) atoms. The summed E-state index contributed by atoms with van der Waals surface area (Å²) in [6.07, 6.45) is 5.20. The number of hydrogen-bond acceptors (Lipinski definition) is 6. The molecular formula is C26H34N6O2. The second-order valence-corrected chi connectivity index (χ2v) is 9.22. The van der Waals surface area contributed by atoms with Gasteiger partial charge >= 0.3 is 0 Å². The molecule has 8 heteroatoms. The molecule has 1 saturated heterocycles. The Bertz CT molecular complexity index is 1150. The van der Waals surface area contributed by atoms with E-state index in [9.17, 15) is 9.90 Å². The summed E-state index contributed by atoms with van der Waals surface area (Å²) in [5.41, 5.74) is 4.24. The van der Waals surface area contributed by atoms with Crippen molar-refractivity contribution in [2.45, 2.75) is 32.7 Å². The monoisotopic (exact) mass is 462 g/mol. The van der Waals surface area contributed by atoms with Crippen LogP contribution in [0.4, 0.5) is 5.69 Å². The van der Waals surface area contributed by atoms with Crippen LogP contribution in [-0.2, 0) is 0 Å². The molecule has 8 nitrogen and oxygen atoms in total. The smallest absolute Gasteiger partial charge is 0.255 e. The maximum atomic E-state index is 13.2. The minimum atomic E-state index is -0.00177. The molecule has 0 spiro atoms. The average Bonchev–Trinajstić information content (AvgIpc) is 3.21. The fourth-order valence-electron chi connectivity index (χ4n) is 4.61. The van der Waals surface area contributed by atoms with E-state index in [0.717, 1.165) is 42.7 Å². The van der Waals surface area contributed by atoms with E-state index in [-0.39, 0.29) is 17.8 Å². The van der Waals surface area contributed by atoms with Gasteiger partial charge in [-0.25, -0.2) is 4.98 Å². The molecule has 0 atom stereocenters. The van der Waals surface area contributed by atoms with Crippen molar-refractivity contribution in [1.82, 2.24) is 24.6 Å². The number of aryl methyl sites for hydroxylation is 1. The Morgan fingerprint density at radius 1 is 1.12 bits per heavy atom. The lowest BCUT2D eigenvalue weighted by atomic mass is 10.0. The zero-order valence-electron chi connectivity index (χ0n) is 20.7. The molecule has 0 unspecified atom stereocenters. The number of benzene rings is 1. The van der Waals surface area contributed by atoms with Crippen LogP contribution in [0.2, 0.25) is 0 Å². The number of likely N-dealkylation sites (tertiary alicyclic amines) is 1. The van der Waals surface area contributed by atoms with Crippen LogP contribution < -0.4 is 4.90 Å². The van der Waals surface area contributed by atoms with Crippen molar-refractivity contribution in [3.05, 3.63) is 53.9 Å². The van der Waals surface area contributed by atoms with Crippen LogP contribution in [0.5, 0.6) is 5.88 Å². The Hall–Kier alpha value is -3.39. The summed E-state index contributed by atoms with van der Waals surface area (Å²) >= 11 is 0. The number of nitrogens with zero attached hydrogens (tertiary/aromatic N) is 6. The molecule has 1 N–H and O–H groups in total. The van der Waals surface area contributed by atoms with Gasteiger partial charge in [-0.3, -0.25) is 4.79 Å². The number of piperidine rings is 1. The normalized spacial score (nSPS) is 14.9. The fourth-order valence-corrected chi connectivity index (χ4v) is 4.61. The van der Waals surface area contributed by atoms with Crippen LogP contribution in [0.3, 0.4) is 0 Å². The van der Waals surface area contributed by atoms with Gasteiger partial charge in [0.2, 0.25) is 5.88 Å². The lowest BCUT2D eigenvalue weighted by Gasteiger charge is -2.36. The van der Waals surface area contributed by atoms with Gasteiger partial charge in [-0.1, -0.05) is 6.07 Å². The van der Waals surface area contributed by atoms with Crippen LogP contribution in [0.25, 0.3) is 16.9 Å². The van der Waals surface area contributed by atoms with Gasteiger partial charge in [-0.15, -0.1) is 0 Å². The van der Waals surface area contributed by atoms with Crippen molar-refractivity contribution < 1.29 is 9.90 Å². The van der Waals surface area contributed by atoms with Gasteiger partial charge in [0, 0.05) is 38.6 Å². The summed E-state index contributed by atoms with van der Waals surface area (Å²) < 4.78 is 1.40. The number of anilines is 1. The summed E-state index contributed by atoms with van der Waals surface area (Å²) in [5, 5.41) is 15.3. The standard InChI is InChI=1S/C26H34N6O2/c1-6-31(20-11-13-30(5)14-12-20)25(33)19-7-10-24(27-16-19)32-26(34)23(17-28-32)22-9-8-21(29(3)4)15-18(22)2/h7-10,15-17,20,34H,6,11-14H2,1-5H3. The maximum absolute atomic E-state index is 13.2. The molecule has 1 aliphatic heterocycles. The summed E-state index contributed by atoms with van der Waals surface area (Å²) in [6.45, 7) is 6.72. The molecule has 0 bridgehead atoms. The topological polar surface area (TPSA) is 77.7 Å². The van der Waals surface area contributed by atoms with Crippen molar-refractivity contribution in [1.29, 1.82) is 0 Å². The lowest BCUT2D eigenvalue weighted by Crippen LogP contribution is -2.46. The Labute approximate surface area is 201 Å². The molecule has 0 saturated carbocycles. The van der Waals surface area contributed by atoms with Gasteiger partial charge in [0.15, 0.2) is 5.82 Å². The quantitative estimate of drug-likeness (QED) is 0.604. The zero-order chi connectivity index (χ0) is 24.4. The van der Waals surface area contributed by atoms with Crippen molar-refractivity contribution in [2.24, 2.45) is 0 Å². The van der Waals surface area contributed by atoms with Gasteiger partial charge < -0.3 is 19.8 Å². The largest absolute Gasteiger partial charge is 0.493 e. The molecule has 0 aliphatic carbocycles. The van der Waals surface area contributed by atoms with Gasteiger partial charge in [0.05, 0.1) is 17.3 Å². The molecule has 1 fully saturated rings. The molecule has 3 aromatic rings. The molecular weight excluding hydrogens is 428 g/mol. The van der Waals surface area contributed by atoms with Gasteiger partial charge in [0.1, 0.15) is 0 Å². The van der Waals surface area contributed by atoms with E-state index in [4.69, 9.17) is 0 Å². The average molecular weight is 463 g/mol. The SMILES string of the molecule is CCN(C(=O)c1ccc(-n2ncc(-c3ccc(N(C)C)cc3C)c2O)nc1)C1CCN(C)CC1. The number of aromatic hydroxyl groups is 1. The van der Waals surface area contributed by atoms with Crippen molar-refractivity contribution >= 4 is 11.6 Å². The van der Waals surface area contributed by atoms with Gasteiger partial charge in [-0.2, -0.15) is 9.78 Å². The van der Waals surface area contributed by atoms with Crippen molar-refractivity contribution in [2.75, 3.05) is 45.7 Å². The molecule has 4 rings (SSSR count). The van der Waals surface area contributed by atoms with Crippen LogP contribution >= 0.6 is 0 Å². The van der Waals surface area contributed by atoms with Crippen molar-refractivity contribution in [3.63, 3.8) is 0 Å². The van der Waals surface area contributed by atoms with Crippen LogP contribution in [0.15, 0.2) is 42.7 Å². The highest BCUT2D eigenvalue weighted by Gasteiger charge is 2.27. The molecule has 180 valence electrons. The Morgan fingerprint density at radius 3 is 2.44 bits per heavy atom. The predicted octanol–water partition coefficient (Wildman–Crippen LogP) is 3.57. The Balaban J connectivity index is 1.54. The molecule has 1 aromatic carbocycles. The fraction of sp³-hybridized carbons (Fsp3) is 0.423. The zero-order valence-corrected chi connectivity index (χ0v) is 20.7. The number of aromatic nitrogens is 3. The third-order valence-electron chi connectivity index (χ3n) is 6.70. The summed E-state index contributed by atoms with van der Waals surface area (Å²) in [6, 6.07) is 9.83. The highest BCUT2D eigenvalue weighted by Crippen LogP contribution is 2.34. The van der Waals surface area contributed by atoms with Gasteiger partial charge in [0.25, 0.3) is 5.91 Å². The van der Waals surface area contributed by atoms with Gasteiger partial charge in [-0.05, 0) is 82.2 Å². The molecule has 3 heterocycles. The van der Waals surface area contributed by atoms with E-state index in [1.165, 1.54) is 4.68 Å². The highest BCUT2D eigenvalue weighted by molar-refractivity contribution is 5.94. The predicted molar refractivity (Wildman–Crippen MR) is 135 cm³/mol. The molecule has 1 amide bonds. The van der Waals surface area contributed by atoms with E-state index in [1.54, 1.807) is 24.5 Å². The number of carbonyl (C=O) groups excluding carboxylic acids is 1. The number of carbonyl (C=O) groups is 1. The molecule has 1 aliphatic rings. The van der Waals surface area contributed by atoms with Crippen LogP contribution in [0.1, 0.15) is 35.7 Å². The first kappa shape index (κ1) is 23.8. The van der Waals surface area contributed by atoms with E-state index in [0.29, 0.717) is 23.5 Å². The summed E-state index contributed by atoms with van der Waals surface area (Å²) in [4.78, 5) is 23.9. The Kier molecular flexibility index (Phi) is 6.88. The number of rotatable bonds is 6. The van der Waals surface area contributed by atoms with E-state index in [1.807, 2.05) is 49.9 Å². The molecule has 0 radical (unpaired) electrons. The maximum Gasteiger partial charge on any atom is 0.255 e. The minimum Gasteiger partial charge on any atom is -0.493 e. The highest BCUT2D eigenvalue weighted by atomic mass is 16.3. The first-order chi connectivity index (χ1) is 16.3. The third-order valence-corrected chi connectivity index (χ3v) is 6.70.